The lowest BCUT2D eigenvalue weighted by Crippen LogP contribution is -2.53. The SMILES string of the molecule is CC[C@H](C)NC(=O)[C@@H](C)N(CCc1ccccc1)C(=O)CN(c1cccc(Cl)c1C)S(C)(=O)=O. The van der Waals surface area contributed by atoms with E-state index in [9.17, 15) is 18.0 Å². The molecule has 0 aromatic heterocycles. The molecule has 0 aliphatic rings. The first kappa shape index (κ1) is 27.7. The molecule has 2 atom stereocenters. The zero-order valence-corrected chi connectivity index (χ0v) is 22.0. The largest absolute Gasteiger partial charge is 0.352 e. The normalized spacial score (nSPS) is 13.1. The van der Waals surface area contributed by atoms with Crippen molar-refractivity contribution in [3.05, 3.63) is 64.7 Å². The van der Waals surface area contributed by atoms with Gasteiger partial charge in [-0.2, -0.15) is 0 Å². The second-order valence-electron chi connectivity index (χ2n) is 8.47. The van der Waals surface area contributed by atoms with Crippen LogP contribution in [0.2, 0.25) is 5.02 Å². The van der Waals surface area contributed by atoms with Gasteiger partial charge < -0.3 is 10.2 Å². The van der Waals surface area contributed by atoms with Gasteiger partial charge in [-0.25, -0.2) is 8.42 Å². The Morgan fingerprint density at radius 1 is 1.06 bits per heavy atom. The second kappa shape index (κ2) is 12.2. The molecule has 0 bridgehead atoms. The first-order valence-corrected chi connectivity index (χ1v) is 13.5. The molecule has 0 radical (unpaired) electrons. The van der Waals surface area contributed by atoms with Crippen LogP contribution in [0.1, 0.15) is 38.3 Å². The van der Waals surface area contributed by atoms with Crippen LogP contribution < -0.4 is 9.62 Å². The topological polar surface area (TPSA) is 86.8 Å². The third-order valence-corrected chi connectivity index (χ3v) is 7.38. The molecular formula is C25H34ClN3O4S. The van der Waals surface area contributed by atoms with Gasteiger partial charge in [0.1, 0.15) is 12.6 Å². The third kappa shape index (κ3) is 7.46. The number of halogens is 1. The van der Waals surface area contributed by atoms with Crippen molar-refractivity contribution in [2.45, 2.75) is 52.6 Å². The molecule has 2 aromatic rings. The van der Waals surface area contributed by atoms with Crippen molar-refractivity contribution in [2.75, 3.05) is 23.7 Å². The minimum Gasteiger partial charge on any atom is -0.352 e. The predicted octanol–water partition coefficient (Wildman–Crippen LogP) is 3.79. The highest BCUT2D eigenvalue weighted by molar-refractivity contribution is 7.92. The zero-order valence-electron chi connectivity index (χ0n) is 20.4. The quantitative estimate of drug-likeness (QED) is 0.501. The molecule has 0 saturated carbocycles. The van der Waals surface area contributed by atoms with E-state index >= 15 is 0 Å². The molecule has 2 amide bonds. The fraction of sp³-hybridized carbons (Fsp3) is 0.440. The lowest BCUT2D eigenvalue weighted by Gasteiger charge is -2.32. The van der Waals surface area contributed by atoms with Crippen molar-refractivity contribution in [2.24, 2.45) is 0 Å². The smallest absolute Gasteiger partial charge is 0.244 e. The summed E-state index contributed by atoms with van der Waals surface area (Å²) in [6, 6.07) is 13.7. The molecule has 34 heavy (non-hydrogen) atoms. The van der Waals surface area contributed by atoms with Crippen molar-refractivity contribution < 1.29 is 18.0 Å². The fourth-order valence-corrected chi connectivity index (χ4v) is 4.57. The van der Waals surface area contributed by atoms with Gasteiger partial charge in [-0.05, 0) is 56.9 Å². The van der Waals surface area contributed by atoms with Crippen LogP contribution in [-0.4, -0.2) is 56.6 Å². The lowest BCUT2D eigenvalue weighted by molar-refractivity contribution is -0.139. The van der Waals surface area contributed by atoms with Gasteiger partial charge in [0.2, 0.25) is 21.8 Å². The maximum atomic E-state index is 13.5. The monoisotopic (exact) mass is 507 g/mol. The van der Waals surface area contributed by atoms with E-state index in [-0.39, 0.29) is 18.5 Å². The fourth-order valence-electron chi connectivity index (χ4n) is 3.50. The average Bonchev–Trinajstić information content (AvgIpc) is 2.79. The van der Waals surface area contributed by atoms with Crippen LogP contribution in [-0.2, 0) is 26.0 Å². The van der Waals surface area contributed by atoms with E-state index in [0.717, 1.165) is 22.5 Å². The van der Waals surface area contributed by atoms with E-state index in [2.05, 4.69) is 5.32 Å². The van der Waals surface area contributed by atoms with Crippen molar-refractivity contribution in [1.29, 1.82) is 0 Å². The number of nitrogens with one attached hydrogen (secondary N) is 1. The van der Waals surface area contributed by atoms with Crippen LogP contribution >= 0.6 is 11.6 Å². The number of carbonyl (C=O) groups is 2. The highest BCUT2D eigenvalue weighted by atomic mass is 35.5. The molecule has 7 nitrogen and oxygen atoms in total. The van der Waals surface area contributed by atoms with Gasteiger partial charge in [0.15, 0.2) is 0 Å². The van der Waals surface area contributed by atoms with Crippen LogP contribution in [0.5, 0.6) is 0 Å². The lowest BCUT2D eigenvalue weighted by atomic mass is 10.1. The van der Waals surface area contributed by atoms with Crippen LogP contribution in [0.3, 0.4) is 0 Å². The van der Waals surface area contributed by atoms with E-state index in [1.54, 1.807) is 32.0 Å². The van der Waals surface area contributed by atoms with E-state index in [1.165, 1.54) is 4.90 Å². The Morgan fingerprint density at radius 2 is 1.71 bits per heavy atom. The number of amides is 2. The molecule has 186 valence electrons. The second-order valence-corrected chi connectivity index (χ2v) is 10.8. The van der Waals surface area contributed by atoms with E-state index in [1.807, 2.05) is 44.2 Å². The Balaban J connectivity index is 2.35. The first-order valence-electron chi connectivity index (χ1n) is 11.3. The summed E-state index contributed by atoms with van der Waals surface area (Å²) in [5.74, 6) is -0.742. The van der Waals surface area contributed by atoms with Gasteiger partial charge in [-0.1, -0.05) is 54.9 Å². The zero-order chi connectivity index (χ0) is 25.5. The van der Waals surface area contributed by atoms with E-state index in [0.29, 0.717) is 22.7 Å². The Bertz CT molecular complexity index is 1090. The summed E-state index contributed by atoms with van der Waals surface area (Å²) in [4.78, 5) is 27.8. The van der Waals surface area contributed by atoms with Crippen LogP contribution in [0.15, 0.2) is 48.5 Å². The summed E-state index contributed by atoms with van der Waals surface area (Å²) in [5.41, 5.74) is 1.91. The molecule has 0 unspecified atom stereocenters. The van der Waals surface area contributed by atoms with Crippen LogP contribution in [0.4, 0.5) is 5.69 Å². The number of sulfonamides is 1. The van der Waals surface area contributed by atoms with Gasteiger partial charge >= 0.3 is 0 Å². The summed E-state index contributed by atoms with van der Waals surface area (Å²) in [5, 5.41) is 3.32. The molecule has 0 aliphatic heterocycles. The number of hydrogen-bond acceptors (Lipinski definition) is 4. The van der Waals surface area contributed by atoms with Gasteiger partial charge in [-0.15, -0.1) is 0 Å². The Morgan fingerprint density at radius 3 is 2.29 bits per heavy atom. The number of carbonyl (C=O) groups excluding carboxylic acids is 2. The maximum absolute atomic E-state index is 13.5. The summed E-state index contributed by atoms with van der Waals surface area (Å²) < 4.78 is 26.4. The third-order valence-electron chi connectivity index (χ3n) is 5.84. The maximum Gasteiger partial charge on any atom is 0.244 e. The Kier molecular flexibility index (Phi) is 9.94. The molecule has 2 rings (SSSR count). The molecular weight excluding hydrogens is 474 g/mol. The highest BCUT2D eigenvalue weighted by Gasteiger charge is 2.30. The summed E-state index contributed by atoms with van der Waals surface area (Å²) in [7, 11) is -3.80. The van der Waals surface area contributed by atoms with Crippen molar-refractivity contribution in [1.82, 2.24) is 10.2 Å². The van der Waals surface area contributed by atoms with Crippen molar-refractivity contribution >= 4 is 39.1 Å². The standard InChI is InChI=1S/C25H34ClN3O4S/c1-6-18(2)27-25(31)20(4)28(16-15-21-11-8-7-9-12-21)24(30)17-29(34(5,32)33)23-14-10-13-22(26)19(23)3/h7-14,18,20H,6,15-17H2,1-5H3,(H,27,31)/t18-,20+/m0/s1. The van der Waals surface area contributed by atoms with Gasteiger partial charge in [0, 0.05) is 17.6 Å². The number of rotatable bonds is 11. The van der Waals surface area contributed by atoms with Crippen LogP contribution in [0.25, 0.3) is 0 Å². The molecule has 0 saturated heterocycles. The molecule has 2 aromatic carbocycles. The van der Waals surface area contributed by atoms with Crippen molar-refractivity contribution in [3.63, 3.8) is 0 Å². The van der Waals surface area contributed by atoms with Gasteiger partial charge in [0.05, 0.1) is 11.9 Å². The number of benzene rings is 2. The molecule has 1 N–H and O–H groups in total. The average molecular weight is 508 g/mol. The number of nitrogens with zero attached hydrogens (tertiary/aromatic N) is 2. The van der Waals surface area contributed by atoms with Crippen molar-refractivity contribution in [3.8, 4) is 0 Å². The van der Waals surface area contributed by atoms with Crippen LogP contribution in [0, 0.1) is 6.92 Å². The summed E-state index contributed by atoms with van der Waals surface area (Å²) in [6.45, 7) is 7.06. The van der Waals surface area contributed by atoms with E-state index < -0.39 is 28.5 Å². The molecule has 0 aliphatic carbocycles. The molecule has 0 heterocycles. The molecule has 0 fully saturated rings. The van der Waals surface area contributed by atoms with E-state index in [4.69, 9.17) is 11.6 Å². The molecule has 9 heteroatoms. The molecule has 0 spiro atoms. The summed E-state index contributed by atoms with van der Waals surface area (Å²) in [6.07, 6.45) is 2.34. The van der Waals surface area contributed by atoms with Gasteiger partial charge in [-0.3, -0.25) is 13.9 Å². The highest BCUT2D eigenvalue weighted by Crippen LogP contribution is 2.28. The Labute approximate surface area is 208 Å². The number of hydrogen-bond donors (Lipinski definition) is 1. The number of anilines is 1. The predicted molar refractivity (Wildman–Crippen MR) is 138 cm³/mol. The summed E-state index contributed by atoms with van der Waals surface area (Å²) >= 11 is 6.21. The minimum atomic E-state index is -3.80. The van der Waals surface area contributed by atoms with Gasteiger partial charge in [0.25, 0.3) is 0 Å². The Hall–Kier alpha value is -2.58. The first-order chi connectivity index (χ1) is 16.0. The minimum absolute atomic E-state index is 0.0392.